The van der Waals surface area contributed by atoms with E-state index >= 15 is 0 Å². The van der Waals surface area contributed by atoms with E-state index in [1.165, 1.54) is 31.2 Å². The van der Waals surface area contributed by atoms with E-state index in [0.29, 0.717) is 6.61 Å². The van der Waals surface area contributed by atoms with Crippen molar-refractivity contribution in [1.29, 1.82) is 0 Å². The van der Waals surface area contributed by atoms with E-state index in [0.717, 1.165) is 37.0 Å². The normalized spacial score (nSPS) is 13.6. The average Bonchev–Trinajstić information content (AvgIpc) is 2.67. The Kier molecular flexibility index (Phi) is 11.0. The van der Waals surface area contributed by atoms with E-state index < -0.39 is 8.60 Å². The number of benzene rings is 1. The second kappa shape index (κ2) is 12.2. The summed E-state index contributed by atoms with van der Waals surface area (Å²) in [5, 5.41) is 0. The quantitative estimate of drug-likeness (QED) is 0.249. The maximum Gasteiger partial charge on any atom is 0.394 e. The van der Waals surface area contributed by atoms with Crippen LogP contribution in [0.1, 0.15) is 111 Å². The summed E-state index contributed by atoms with van der Waals surface area (Å²) in [4.78, 5) is 10.3. The maximum absolute atomic E-state index is 10.3. The Bertz CT molecular complexity index is 569. The van der Waals surface area contributed by atoms with Crippen LogP contribution in [-0.4, -0.2) is 11.5 Å². The smallest absolute Gasteiger partial charge is 0.394 e. The molecule has 0 spiro atoms. The third-order valence-corrected chi connectivity index (χ3v) is 6.89. The monoisotopic (exact) mass is 410 g/mol. The summed E-state index contributed by atoms with van der Waals surface area (Å²) in [7, 11) is -1.89. The molecule has 1 unspecified atom stereocenters. The van der Waals surface area contributed by atoms with E-state index in [-0.39, 0.29) is 10.8 Å². The van der Waals surface area contributed by atoms with Gasteiger partial charge >= 0.3 is 8.60 Å². The van der Waals surface area contributed by atoms with Crippen LogP contribution in [0, 0.1) is 0 Å². The van der Waals surface area contributed by atoms with Crippen LogP contribution < -0.4 is 4.52 Å². The standard InChI is InChI=1S/C24H43O3P/c1-8-11-12-13-14-15-18-26-28(25)27-22-17-16-20(23(4,5)9-2)19-21(22)24(6,7)10-3/h16-17,19,25H,8-15,18H2,1-7H3. The van der Waals surface area contributed by atoms with E-state index in [9.17, 15) is 4.89 Å². The lowest BCUT2D eigenvalue weighted by molar-refractivity contribution is 0.252. The van der Waals surface area contributed by atoms with Gasteiger partial charge in [-0.1, -0.05) is 92.7 Å². The molecule has 162 valence electrons. The van der Waals surface area contributed by atoms with Gasteiger partial charge in [0.25, 0.3) is 0 Å². The molecule has 3 nitrogen and oxygen atoms in total. The highest BCUT2D eigenvalue weighted by Crippen LogP contribution is 2.43. The highest BCUT2D eigenvalue weighted by atomic mass is 31.2. The van der Waals surface area contributed by atoms with Gasteiger partial charge in [-0.05, 0) is 41.7 Å². The molecule has 1 aromatic rings. The Labute approximate surface area is 175 Å². The van der Waals surface area contributed by atoms with Gasteiger partial charge in [-0.2, -0.15) is 0 Å². The number of hydrogen-bond acceptors (Lipinski definition) is 3. The predicted molar refractivity (Wildman–Crippen MR) is 122 cm³/mol. The highest BCUT2D eigenvalue weighted by Gasteiger charge is 2.27. The van der Waals surface area contributed by atoms with Crippen LogP contribution in [0.3, 0.4) is 0 Å². The molecular weight excluding hydrogens is 367 g/mol. The molecule has 1 aromatic carbocycles. The van der Waals surface area contributed by atoms with Gasteiger partial charge < -0.3 is 13.9 Å². The van der Waals surface area contributed by atoms with Crippen molar-refractivity contribution in [3.8, 4) is 5.75 Å². The Morgan fingerprint density at radius 2 is 1.46 bits per heavy atom. The third-order valence-electron chi connectivity index (χ3n) is 6.13. The predicted octanol–water partition coefficient (Wildman–Crippen LogP) is 8.04. The zero-order valence-corrected chi connectivity index (χ0v) is 20.2. The van der Waals surface area contributed by atoms with Crippen molar-refractivity contribution in [2.45, 2.75) is 111 Å². The van der Waals surface area contributed by atoms with Crippen LogP contribution in [0.5, 0.6) is 5.75 Å². The molecule has 0 aliphatic carbocycles. The fourth-order valence-electron chi connectivity index (χ4n) is 3.09. The molecule has 0 aromatic heterocycles. The summed E-state index contributed by atoms with van der Waals surface area (Å²) in [5.41, 5.74) is 2.56. The van der Waals surface area contributed by atoms with Gasteiger partial charge in [0.05, 0.1) is 6.61 Å². The lowest BCUT2D eigenvalue weighted by atomic mass is 9.76. The molecule has 0 aliphatic heterocycles. The summed E-state index contributed by atoms with van der Waals surface area (Å²) in [6, 6.07) is 6.41. The van der Waals surface area contributed by atoms with Crippen LogP contribution in [0.2, 0.25) is 0 Å². The molecule has 0 saturated heterocycles. The number of rotatable bonds is 14. The van der Waals surface area contributed by atoms with Gasteiger partial charge in [-0.15, -0.1) is 0 Å². The average molecular weight is 411 g/mol. The first-order valence-corrected chi connectivity index (χ1v) is 12.3. The fraction of sp³-hybridized carbons (Fsp3) is 0.750. The first-order valence-electron chi connectivity index (χ1n) is 11.1. The second-order valence-electron chi connectivity index (χ2n) is 9.12. The lowest BCUT2D eigenvalue weighted by Crippen LogP contribution is -2.20. The molecule has 0 heterocycles. The molecule has 0 bridgehead atoms. The van der Waals surface area contributed by atoms with Crippen molar-refractivity contribution in [3.05, 3.63) is 29.3 Å². The van der Waals surface area contributed by atoms with Crippen LogP contribution in [0.4, 0.5) is 0 Å². The largest absolute Gasteiger partial charge is 0.427 e. The molecule has 0 amide bonds. The first-order chi connectivity index (χ1) is 13.2. The van der Waals surface area contributed by atoms with Crippen molar-refractivity contribution < 1.29 is 13.9 Å². The van der Waals surface area contributed by atoms with Gasteiger partial charge in [-0.25, -0.2) is 0 Å². The van der Waals surface area contributed by atoms with E-state index in [4.69, 9.17) is 9.05 Å². The SMILES string of the molecule is CCCCCCCCOP(O)Oc1ccc(C(C)(C)CC)cc1C(C)(C)CC. The minimum Gasteiger partial charge on any atom is -0.427 e. The van der Waals surface area contributed by atoms with Crippen LogP contribution >= 0.6 is 8.60 Å². The number of unbranched alkanes of at least 4 members (excludes halogenated alkanes) is 5. The van der Waals surface area contributed by atoms with Crippen molar-refractivity contribution in [2.24, 2.45) is 0 Å². The van der Waals surface area contributed by atoms with Crippen molar-refractivity contribution in [2.75, 3.05) is 6.61 Å². The zero-order chi connectivity index (χ0) is 21.2. The summed E-state index contributed by atoms with van der Waals surface area (Å²) < 4.78 is 11.4. The van der Waals surface area contributed by atoms with Gasteiger partial charge in [0.1, 0.15) is 5.75 Å². The Morgan fingerprint density at radius 1 is 0.857 bits per heavy atom. The summed E-state index contributed by atoms with van der Waals surface area (Å²) >= 11 is 0. The highest BCUT2D eigenvalue weighted by molar-refractivity contribution is 7.41. The van der Waals surface area contributed by atoms with Crippen molar-refractivity contribution in [1.82, 2.24) is 0 Å². The molecule has 1 rings (SSSR count). The molecule has 1 atom stereocenters. The first kappa shape index (κ1) is 25.4. The Morgan fingerprint density at radius 3 is 2.07 bits per heavy atom. The van der Waals surface area contributed by atoms with E-state index in [1.807, 2.05) is 6.07 Å². The molecule has 0 fully saturated rings. The fourth-order valence-corrected chi connectivity index (χ4v) is 3.75. The second-order valence-corrected chi connectivity index (χ2v) is 10.0. The minimum absolute atomic E-state index is 0.0232. The maximum atomic E-state index is 10.3. The molecule has 28 heavy (non-hydrogen) atoms. The Balaban J connectivity index is 2.75. The summed E-state index contributed by atoms with van der Waals surface area (Å²) in [6.45, 7) is 16.2. The molecular formula is C24H43O3P. The molecule has 1 N–H and O–H groups in total. The Hall–Kier alpha value is -0.630. The van der Waals surface area contributed by atoms with Gasteiger partial charge in [0, 0.05) is 5.56 Å². The molecule has 0 radical (unpaired) electrons. The van der Waals surface area contributed by atoms with Crippen LogP contribution in [0.25, 0.3) is 0 Å². The van der Waals surface area contributed by atoms with E-state index in [1.54, 1.807) is 0 Å². The third kappa shape index (κ3) is 8.01. The zero-order valence-electron chi connectivity index (χ0n) is 19.3. The molecule has 4 heteroatoms. The minimum atomic E-state index is -1.89. The van der Waals surface area contributed by atoms with E-state index in [2.05, 4.69) is 60.6 Å². The van der Waals surface area contributed by atoms with Crippen LogP contribution in [-0.2, 0) is 15.4 Å². The van der Waals surface area contributed by atoms with Crippen molar-refractivity contribution >= 4 is 8.60 Å². The summed E-state index contributed by atoms with van der Waals surface area (Å²) in [6.07, 6.45) is 9.30. The van der Waals surface area contributed by atoms with Gasteiger partial charge in [-0.3, -0.25) is 0 Å². The summed E-state index contributed by atoms with van der Waals surface area (Å²) in [5.74, 6) is 0.749. The van der Waals surface area contributed by atoms with Gasteiger partial charge in [0.15, 0.2) is 0 Å². The number of hydrogen-bond donors (Lipinski definition) is 1. The lowest BCUT2D eigenvalue weighted by Gasteiger charge is -2.30. The van der Waals surface area contributed by atoms with Crippen molar-refractivity contribution in [3.63, 3.8) is 0 Å². The van der Waals surface area contributed by atoms with Crippen LogP contribution in [0.15, 0.2) is 18.2 Å². The molecule has 0 saturated carbocycles. The topological polar surface area (TPSA) is 38.7 Å². The molecule has 0 aliphatic rings. The van der Waals surface area contributed by atoms with Gasteiger partial charge in [0.2, 0.25) is 0 Å².